The summed E-state index contributed by atoms with van der Waals surface area (Å²) in [4.78, 5) is 9.63. The quantitative estimate of drug-likeness (QED) is 0.166. The molecule has 0 radical (unpaired) electrons. The largest absolute Gasteiger partial charge is 2.00 e. The van der Waals surface area contributed by atoms with E-state index in [1.165, 1.54) is 33.4 Å². The molecule has 0 spiro atoms. The summed E-state index contributed by atoms with van der Waals surface area (Å²) in [7, 11) is 0. The van der Waals surface area contributed by atoms with Crippen molar-refractivity contribution < 1.29 is 25.8 Å². The van der Waals surface area contributed by atoms with Gasteiger partial charge in [-0.3, -0.25) is 4.98 Å². The van der Waals surface area contributed by atoms with Gasteiger partial charge in [0, 0.05) is 40.3 Å². The first kappa shape index (κ1) is 29.3. The van der Waals surface area contributed by atoms with Crippen LogP contribution in [0, 0.1) is 12.1 Å². The molecule has 0 atom stereocenters. The molecule has 49 heavy (non-hydrogen) atoms. The Morgan fingerprint density at radius 2 is 1.14 bits per heavy atom. The first-order chi connectivity index (χ1) is 23.8. The van der Waals surface area contributed by atoms with E-state index >= 15 is 0 Å². The fraction of sp³-hybridized carbons (Fsp3) is 0. The molecule has 4 nitrogen and oxygen atoms in total. The Morgan fingerprint density at radius 1 is 0.469 bits per heavy atom. The van der Waals surface area contributed by atoms with Gasteiger partial charge in [0.05, 0.1) is 0 Å². The number of nitrogens with zero attached hydrogens (tertiary/aromatic N) is 3. The number of hydrogen-bond donors (Lipinski definition) is 0. The zero-order valence-corrected chi connectivity index (χ0v) is 28.3. The third-order valence-corrected chi connectivity index (χ3v) is 9.33. The second-order valence-corrected chi connectivity index (χ2v) is 12.0. The molecule has 0 bridgehead atoms. The van der Waals surface area contributed by atoms with E-state index in [4.69, 9.17) is 9.72 Å². The van der Waals surface area contributed by atoms with Crippen LogP contribution in [0.1, 0.15) is 0 Å². The van der Waals surface area contributed by atoms with E-state index in [-0.39, 0.29) is 21.1 Å². The molecule has 0 N–H and O–H groups in total. The molecule has 6 aromatic carbocycles. The maximum atomic E-state index is 6.48. The minimum Gasteiger partial charge on any atom is -0.503 e. The van der Waals surface area contributed by atoms with E-state index < -0.39 is 0 Å². The molecule has 3 aromatic heterocycles. The van der Waals surface area contributed by atoms with Crippen molar-refractivity contribution in [3.8, 4) is 61.8 Å². The summed E-state index contributed by atoms with van der Waals surface area (Å²) >= 11 is 0. The van der Waals surface area contributed by atoms with Gasteiger partial charge < -0.3 is 9.30 Å². The van der Waals surface area contributed by atoms with Crippen LogP contribution in [0.25, 0.3) is 83.0 Å². The number of pyridine rings is 2. The van der Waals surface area contributed by atoms with Crippen molar-refractivity contribution in [3.63, 3.8) is 0 Å². The molecule has 1 aliphatic carbocycles. The summed E-state index contributed by atoms with van der Waals surface area (Å²) in [5.41, 5.74) is 12.1. The zero-order chi connectivity index (χ0) is 31.6. The van der Waals surface area contributed by atoms with Gasteiger partial charge in [0.25, 0.3) is 0 Å². The van der Waals surface area contributed by atoms with Gasteiger partial charge in [-0.15, -0.1) is 41.3 Å². The Balaban J connectivity index is 0.00000325. The van der Waals surface area contributed by atoms with Gasteiger partial charge in [-0.05, 0) is 63.0 Å². The summed E-state index contributed by atoms with van der Waals surface area (Å²) < 4.78 is 8.61. The molecule has 0 saturated carbocycles. The second-order valence-electron chi connectivity index (χ2n) is 12.0. The molecular weight excluding hydrogens is 782 g/mol. The minimum absolute atomic E-state index is 0. The van der Waals surface area contributed by atoms with Crippen LogP contribution in [-0.4, -0.2) is 14.5 Å². The van der Waals surface area contributed by atoms with Crippen LogP contribution in [0.5, 0.6) is 11.5 Å². The molecule has 9 aromatic rings. The molecule has 0 aliphatic heterocycles. The van der Waals surface area contributed by atoms with Crippen LogP contribution in [-0.2, 0) is 21.1 Å². The first-order valence-electron chi connectivity index (χ1n) is 16.0. The van der Waals surface area contributed by atoms with E-state index in [0.29, 0.717) is 11.5 Å². The van der Waals surface area contributed by atoms with E-state index in [2.05, 4.69) is 125 Å². The van der Waals surface area contributed by atoms with Gasteiger partial charge >= 0.3 is 21.1 Å². The van der Waals surface area contributed by atoms with Gasteiger partial charge in [-0.1, -0.05) is 102 Å². The van der Waals surface area contributed by atoms with Crippen LogP contribution >= 0.6 is 0 Å². The SMILES string of the molecule is [Pt+2].[c-]1c(Oc2[c-]c3c(cc2)c2ccccc2n3-c2ccccn2)cccc1-c1ccc2c3c(ccnc13)-c1ccccc1-c1ccccc1-2. The van der Waals surface area contributed by atoms with Gasteiger partial charge in [0.1, 0.15) is 5.82 Å². The maximum absolute atomic E-state index is 6.48. The number of ether oxygens (including phenoxy) is 1. The average molecular weight is 807 g/mol. The Bertz CT molecular complexity index is 2660. The molecule has 10 rings (SSSR count). The van der Waals surface area contributed by atoms with E-state index in [1.54, 1.807) is 0 Å². The van der Waals surface area contributed by atoms with Crippen molar-refractivity contribution >= 4 is 32.7 Å². The van der Waals surface area contributed by atoms with Crippen LogP contribution < -0.4 is 4.74 Å². The molecular formula is C44H25N3OPt. The van der Waals surface area contributed by atoms with E-state index in [9.17, 15) is 0 Å². The first-order valence-corrected chi connectivity index (χ1v) is 16.0. The maximum Gasteiger partial charge on any atom is 2.00 e. The predicted octanol–water partition coefficient (Wildman–Crippen LogP) is 11.1. The van der Waals surface area contributed by atoms with Crippen LogP contribution in [0.15, 0.2) is 152 Å². The number of fused-ring (bicyclic) bond motifs is 8. The van der Waals surface area contributed by atoms with Crippen LogP contribution in [0.4, 0.5) is 0 Å². The molecule has 232 valence electrons. The van der Waals surface area contributed by atoms with Crippen molar-refractivity contribution in [1.29, 1.82) is 0 Å². The number of hydrogen-bond acceptors (Lipinski definition) is 3. The van der Waals surface area contributed by atoms with E-state index in [1.807, 2.05) is 48.8 Å². The summed E-state index contributed by atoms with van der Waals surface area (Å²) in [6.07, 6.45) is 3.73. The smallest absolute Gasteiger partial charge is 0.503 e. The normalized spacial score (nSPS) is 11.5. The summed E-state index contributed by atoms with van der Waals surface area (Å²) in [6.45, 7) is 0. The summed E-state index contributed by atoms with van der Waals surface area (Å²) in [5, 5.41) is 3.38. The van der Waals surface area contributed by atoms with Gasteiger partial charge in [0.15, 0.2) is 0 Å². The second kappa shape index (κ2) is 11.7. The van der Waals surface area contributed by atoms with E-state index in [0.717, 1.165) is 49.7 Å². The standard InChI is InChI=1S/C44H25N3O.Pt/c1-3-14-34-32(12-1)33-13-2-4-15-35(33)39-23-25-46-44-31(21-22-38(34)43(39)44)28-10-9-11-29(26-28)48-30-19-20-37-36-16-5-6-17-40(36)47(41(37)27-30)42-18-7-8-24-45-42;/h1-25H;/q-2;+2. The third kappa shape index (κ3) is 4.63. The molecule has 0 amide bonds. The van der Waals surface area contributed by atoms with Gasteiger partial charge in [0.2, 0.25) is 0 Å². The Morgan fingerprint density at radius 3 is 1.92 bits per heavy atom. The van der Waals surface area contributed by atoms with Crippen molar-refractivity contribution in [1.82, 2.24) is 14.5 Å². The van der Waals surface area contributed by atoms with Crippen molar-refractivity contribution in [2.45, 2.75) is 0 Å². The predicted molar refractivity (Wildman–Crippen MR) is 193 cm³/mol. The number of benzene rings is 6. The summed E-state index contributed by atoms with van der Waals surface area (Å²) in [5.74, 6) is 2.05. The molecule has 3 heterocycles. The van der Waals surface area contributed by atoms with Crippen molar-refractivity contribution in [2.24, 2.45) is 0 Å². The van der Waals surface area contributed by atoms with Crippen molar-refractivity contribution in [2.75, 3.05) is 0 Å². The van der Waals surface area contributed by atoms with Gasteiger partial charge in [-0.2, -0.15) is 6.07 Å². The molecule has 0 saturated heterocycles. The van der Waals surface area contributed by atoms with Gasteiger partial charge in [-0.25, -0.2) is 4.98 Å². The third-order valence-electron chi connectivity index (χ3n) is 9.33. The molecule has 5 heteroatoms. The van der Waals surface area contributed by atoms with Crippen LogP contribution in [0.3, 0.4) is 0 Å². The fourth-order valence-corrected chi connectivity index (χ4v) is 7.28. The Hall–Kier alpha value is -5.83. The molecule has 0 fully saturated rings. The number of para-hydroxylation sites is 1. The zero-order valence-electron chi connectivity index (χ0n) is 26.0. The minimum atomic E-state index is 0. The Labute approximate surface area is 297 Å². The average Bonchev–Trinajstić information content (AvgIpc) is 3.42. The molecule has 1 aliphatic rings. The number of rotatable bonds is 4. The van der Waals surface area contributed by atoms with Crippen molar-refractivity contribution in [3.05, 3.63) is 164 Å². The monoisotopic (exact) mass is 806 g/mol. The molecule has 0 unspecified atom stereocenters. The number of aromatic nitrogens is 3. The summed E-state index contributed by atoms with van der Waals surface area (Å²) in [6, 6.07) is 55.3. The van der Waals surface area contributed by atoms with Crippen LogP contribution in [0.2, 0.25) is 0 Å². The fourth-order valence-electron chi connectivity index (χ4n) is 7.28. The Kier molecular flexibility index (Phi) is 7.00. The topological polar surface area (TPSA) is 39.9 Å².